The molecule has 21 heavy (non-hydrogen) atoms. The van der Waals surface area contributed by atoms with Crippen LogP contribution in [0.1, 0.15) is 64.5 Å². The normalized spacial score (nSPS) is 13.9. The van der Waals surface area contributed by atoms with Crippen LogP contribution in [0.3, 0.4) is 0 Å². The fraction of sp³-hybridized carbons (Fsp3) is 0.450. The van der Waals surface area contributed by atoms with Gasteiger partial charge in [0.05, 0.1) is 0 Å². The maximum atomic E-state index is 8.30. The Kier molecular flexibility index (Phi) is 3.74. The van der Waals surface area contributed by atoms with Crippen molar-refractivity contribution in [1.29, 1.82) is 0 Å². The van der Waals surface area contributed by atoms with Crippen molar-refractivity contribution in [2.24, 2.45) is 7.05 Å². The Morgan fingerprint density at radius 3 is 2.14 bits per heavy atom. The molecule has 0 aliphatic carbocycles. The molecule has 1 aromatic heterocycles. The Hall–Kier alpha value is -1.63. The first-order valence-electron chi connectivity index (χ1n) is 8.53. The average molecular weight is 284 g/mol. The molecule has 0 aliphatic rings. The lowest BCUT2D eigenvalue weighted by atomic mass is 9.91. The van der Waals surface area contributed by atoms with E-state index in [4.69, 9.17) is 2.74 Å². The monoisotopic (exact) mass is 284 g/mol. The second-order valence-electron chi connectivity index (χ2n) is 6.40. The van der Waals surface area contributed by atoms with Crippen molar-refractivity contribution in [3.05, 3.63) is 52.7 Å². The second kappa shape index (κ2) is 6.01. The number of hydrogen-bond donors (Lipinski definition) is 0. The zero-order valence-corrected chi connectivity index (χ0v) is 14.3. The molecular weight excluding hydrogens is 254 g/mol. The number of hydrogen-bond acceptors (Lipinski definition) is 0. The summed E-state index contributed by atoms with van der Waals surface area (Å²) in [6.07, 6.45) is 2.04. The summed E-state index contributed by atoms with van der Waals surface area (Å²) in [7, 11) is 2.03. The van der Waals surface area contributed by atoms with E-state index < -0.39 is 11.8 Å². The molecule has 0 N–H and O–H groups in total. The molecule has 1 heteroatoms. The van der Waals surface area contributed by atoms with Crippen LogP contribution in [0, 0.1) is 13.8 Å². The van der Waals surface area contributed by atoms with Crippen molar-refractivity contribution in [3.63, 3.8) is 0 Å². The Morgan fingerprint density at radius 2 is 1.62 bits per heavy atom. The molecule has 0 saturated carbocycles. The molecule has 0 bridgehead atoms. The molecular formula is C20H28N+. The number of aryl methyl sites for hydroxylation is 3. The van der Waals surface area contributed by atoms with Crippen LogP contribution in [-0.2, 0) is 7.05 Å². The smallest absolute Gasteiger partial charge is 0.201 e. The van der Waals surface area contributed by atoms with Crippen LogP contribution < -0.4 is 4.57 Å². The number of nitrogens with zero attached hydrogens (tertiary/aromatic N) is 1. The van der Waals surface area contributed by atoms with E-state index in [0.29, 0.717) is 0 Å². The summed E-state index contributed by atoms with van der Waals surface area (Å²) in [4.78, 5) is 0. The van der Waals surface area contributed by atoms with E-state index in [1.54, 1.807) is 0 Å². The van der Waals surface area contributed by atoms with Crippen molar-refractivity contribution >= 4 is 0 Å². The predicted octanol–water partition coefficient (Wildman–Crippen LogP) is 5.04. The van der Waals surface area contributed by atoms with E-state index in [9.17, 15) is 0 Å². The van der Waals surface area contributed by atoms with E-state index in [-0.39, 0.29) is 0 Å². The standard InChI is InChI=1S/C20H28N/c1-13(2)17-8-9-20(21(7)12-17)19-11-15(5)18(14(3)4)10-16(19)6/h8-14H,1-7H3/q+1/i13D,14D. The molecule has 1 aromatic carbocycles. The number of benzene rings is 1. The summed E-state index contributed by atoms with van der Waals surface area (Å²) in [6.45, 7) is 11.9. The van der Waals surface area contributed by atoms with Crippen molar-refractivity contribution < 1.29 is 7.31 Å². The minimum absolute atomic E-state index is 0.589. The van der Waals surface area contributed by atoms with Gasteiger partial charge in [0.2, 0.25) is 5.69 Å². The molecule has 0 atom stereocenters. The van der Waals surface area contributed by atoms with Gasteiger partial charge in [-0.05, 0) is 54.5 Å². The van der Waals surface area contributed by atoms with Crippen LogP contribution >= 0.6 is 0 Å². The first-order chi connectivity index (χ1) is 10.4. The van der Waals surface area contributed by atoms with E-state index in [1.165, 1.54) is 11.1 Å². The zero-order valence-electron chi connectivity index (χ0n) is 16.3. The molecule has 2 rings (SSSR count). The van der Waals surface area contributed by atoms with Crippen molar-refractivity contribution in [2.45, 2.75) is 53.3 Å². The van der Waals surface area contributed by atoms with Crippen LogP contribution in [0.25, 0.3) is 11.3 Å². The molecule has 0 radical (unpaired) electrons. The third-order valence-electron chi connectivity index (χ3n) is 4.10. The third-order valence-corrected chi connectivity index (χ3v) is 4.10. The lowest BCUT2D eigenvalue weighted by molar-refractivity contribution is -0.660. The van der Waals surface area contributed by atoms with Gasteiger partial charge in [-0.25, -0.2) is 4.57 Å². The summed E-state index contributed by atoms with van der Waals surface area (Å²) in [5, 5.41) is 0. The van der Waals surface area contributed by atoms with Gasteiger partial charge in [0.25, 0.3) is 0 Å². The van der Waals surface area contributed by atoms with Gasteiger partial charge in [-0.3, -0.25) is 0 Å². The quantitative estimate of drug-likeness (QED) is 0.695. The molecule has 1 heterocycles. The van der Waals surface area contributed by atoms with Crippen molar-refractivity contribution in [3.8, 4) is 11.3 Å². The molecule has 0 unspecified atom stereocenters. The highest BCUT2D eigenvalue weighted by molar-refractivity contribution is 5.63. The number of aromatic nitrogens is 1. The maximum absolute atomic E-state index is 8.30. The summed E-state index contributed by atoms with van der Waals surface area (Å²) in [5.74, 6) is -1.19. The second-order valence-corrected chi connectivity index (χ2v) is 6.40. The minimum Gasteiger partial charge on any atom is -0.201 e. The molecule has 2 aromatic rings. The number of rotatable bonds is 3. The largest absolute Gasteiger partial charge is 0.212 e. The van der Waals surface area contributed by atoms with Gasteiger partial charge in [-0.2, -0.15) is 0 Å². The fourth-order valence-corrected chi connectivity index (χ4v) is 2.81. The SMILES string of the molecule is [2H]C(C)(C)c1ccc(-c2cc(C)c(C([2H])(C)C)cc2C)[n+](C)c1. The first kappa shape index (κ1) is 13.1. The Labute approximate surface area is 132 Å². The van der Waals surface area contributed by atoms with Crippen LogP contribution in [0.5, 0.6) is 0 Å². The molecule has 0 amide bonds. The fourth-order valence-electron chi connectivity index (χ4n) is 2.81. The zero-order chi connectivity index (χ0) is 17.6. The van der Waals surface area contributed by atoms with Gasteiger partial charge in [0, 0.05) is 19.9 Å². The molecule has 1 nitrogen and oxygen atoms in total. The first-order valence-corrected chi connectivity index (χ1v) is 7.53. The molecule has 0 fully saturated rings. The van der Waals surface area contributed by atoms with E-state index >= 15 is 0 Å². The predicted molar refractivity (Wildman–Crippen MR) is 90.7 cm³/mol. The Bertz CT molecular complexity index is 735. The third kappa shape index (κ3) is 3.18. The van der Waals surface area contributed by atoms with Gasteiger partial charge in [0.15, 0.2) is 6.20 Å². The maximum Gasteiger partial charge on any atom is 0.212 e. The summed E-state index contributed by atoms with van der Waals surface area (Å²) < 4.78 is 18.6. The Balaban J connectivity index is 2.58. The molecule has 0 aliphatic heterocycles. The number of pyridine rings is 1. The lowest BCUT2D eigenvalue weighted by Gasteiger charge is -2.14. The van der Waals surface area contributed by atoms with Crippen LogP contribution in [0.4, 0.5) is 0 Å². The average Bonchev–Trinajstić information content (AvgIpc) is 2.39. The Morgan fingerprint density at radius 1 is 0.952 bits per heavy atom. The van der Waals surface area contributed by atoms with Gasteiger partial charge in [-0.1, -0.05) is 33.8 Å². The van der Waals surface area contributed by atoms with Gasteiger partial charge in [-0.15, -0.1) is 0 Å². The van der Waals surface area contributed by atoms with Gasteiger partial charge >= 0.3 is 0 Å². The highest BCUT2D eigenvalue weighted by atomic mass is 14.9. The van der Waals surface area contributed by atoms with E-state index in [2.05, 4.69) is 36.6 Å². The minimum atomic E-state index is -0.597. The molecule has 0 saturated heterocycles. The highest BCUT2D eigenvalue weighted by Gasteiger charge is 2.16. The van der Waals surface area contributed by atoms with Crippen LogP contribution in [0.2, 0.25) is 0 Å². The summed E-state index contributed by atoms with van der Waals surface area (Å²) in [6, 6.07) is 8.46. The van der Waals surface area contributed by atoms with Gasteiger partial charge < -0.3 is 0 Å². The van der Waals surface area contributed by atoms with Crippen LogP contribution in [-0.4, -0.2) is 0 Å². The van der Waals surface area contributed by atoms with E-state index in [1.807, 2.05) is 47.0 Å². The molecule has 0 spiro atoms. The van der Waals surface area contributed by atoms with Crippen molar-refractivity contribution in [2.75, 3.05) is 0 Å². The van der Waals surface area contributed by atoms with Crippen LogP contribution in [0.15, 0.2) is 30.5 Å². The van der Waals surface area contributed by atoms with Crippen molar-refractivity contribution in [1.82, 2.24) is 0 Å². The lowest BCUT2D eigenvalue weighted by Crippen LogP contribution is -2.31. The topological polar surface area (TPSA) is 3.88 Å². The molecule has 112 valence electrons. The van der Waals surface area contributed by atoms with E-state index in [0.717, 1.165) is 22.4 Å². The van der Waals surface area contributed by atoms with Gasteiger partial charge in [0.1, 0.15) is 7.05 Å². The highest BCUT2D eigenvalue weighted by Crippen LogP contribution is 2.28. The summed E-state index contributed by atoms with van der Waals surface area (Å²) >= 11 is 0. The summed E-state index contributed by atoms with van der Waals surface area (Å²) in [5.41, 5.74) is 6.72.